The average molecular weight is 203 g/mol. The minimum absolute atomic E-state index is 0.393. The van der Waals surface area contributed by atoms with E-state index in [1.54, 1.807) is 0 Å². The number of hydrogen-bond donors (Lipinski definition) is 2. The zero-order chi connectivity index (χ0) is 9.94. The normalized spacial score (nSPS) is 13.2. The van der Waals surface area contributed by atoms with Gasteiger partial charge >= 0.3 is 0 Å². The first kappa shape index (κ1) is 13.3. The van der Waals surface area contributed by atoms with Crippen molar-refractivity contribution in [3.05, 3.63) is 0 Å². The van der Waals surface area contributed by atoms with Gasteiger partial charge < -0.3 is 5.73 Å². The number of nitrogens with two attached hydrogens (primary N) is 1. The Bertz CT molecular complexity index is 94.1. The summed E-state index contributed by atoms with van der Waals surface area (Å²) in [6.07, 6.45) is 10.7. The van der Waals surface area contributed by atoms with E-state index in [9.17, 15) is 0 Å². The lowest BCUT2D eigenvalue weighted by Crippen LogP contribution is -2.13. The van der Waals surface area contributed by atoms with Crippen LogP contribution in [0.2, 0.25) is 0 Å². The van der Waals surface area contributed by atoms with E-state index in [2.05, 4.69) is 19.6 Å². The highest BCUT2D eigenvalue weighted by Crippen LogP contribution is 2.09. The third kappa shape index (κ3) is 12.3. The van der Waals surface area contributed by atoms with E-state index in [0.717, 1.165) is 5.75 Å². The van der Waals surface area contributed by atoms with Crippen LogP contribution in [0.4, 0.5) is 0 Å². The van der Waals surface area contributed by atoms with E-state index < -0.39 is 0 Å². The Morgan fingerprint density at radius 1 is 0.923 bits per heavy atom. The molecule has 0 aromatic rings. The fourth-order valence-corrected chi connectivity index (χ4v) is 1.69. The van der Waals surface area contributed by atoms with Gasteiger partial charge in [0.1, 0.15) is 0 Å². The van der Waals surface area contributed by atoms with Crippen molar-refractivity contribution in [2.24, 2.45) is 5.73 Å². The van der Waals surface area contributed by atoms with Gasteiger partial charge in [0.25, 0.3) is 0 Å². The monoisotopic (exact) mass is 203 g/mol. The Labute approximate surface area is 88.9 Å². The lowest BCUT2D eigenvalue weighted by Gasteiger charge is -2.04. The minimum atomic E-state index is 0.393. The van der Waals surface area contributed by atoms with E-state index in [1.807, 2.05) is 0 Å². The van der Waals surface area contributed by atoms with Gasteiger partial charge in [-0.2, -0.15) is 12.6 Å². The van der Waals surface area contributed by atoms with Gasteiger partial charge in [0.15, 0.2) is 0 Å². The van der Waals surface area contributed by atoms with E-state index in [4.69, 9.17) is 5.73 Å². The second-order valence-electron chi connectivity index (χ2n) is 3.96. The molecule has 1 nitrogen and oxygen atoms in total. The second kappa shape index (κ2) is 10.4. The number of hydrogen-bond acceptors (Lipinski definition) is 2. The summed E-state index contributed by atoms with van der Waals surface area (Å²) in [5.74, 6) is 1.05. The van der Waals surface area contributed by atoms with Crippen molar-refractivity contribution in [3.8, 4) is 0 Å². The van der Waals surface area contributed by atoms with Gasteiger partial charge in [-0.3, -0.25) is 0 Å². The van der Waals surface area contributed by atoms with Gasteiger partial charge in [0.05, 0.1) is 0 Å². The van der Waals surface area contributed by atoms with E-state index in [0.29, 0.717) is 6.04 Å². The van der Waals surface area contributed by atoms with Crippen LogP contribution in [-0.4, -0.2) is 11.8 Å². The van der Waals surface area contributed by atoms with E-state index in [1.165, 1.54) is 51.4 Å². The maximum absolute atomic E-state index is 5.66. The van der Waals surface area contributed by atoms with Crippen LogP contribution < -0.4 is 5.73 Å². The molecule has 1 unspecified atom stereocenters. The maximum Gasteiger partial charge on any atom is 0.00104 e. The Morgan fingerprint density at radius 3 is 1.85 bits per heavy atom. The fraction of sp³-hybridized carbons (Fsp3) is 1.00. The molecule has 0 rings (SSSR count). The van der Waals surface area contributed by atoms with Crippen molar-refractivity contribution in [1.29, 1.82) is 0 Å². The van der Waals surface area contributed by atoms with Crippen molar-refractivity contribution in [1.82, 2.24) is 0 Å². The SMILES string of the molecule is CC(N)CCCCCCCCCS. The summed E-state index contributed by atoms with van der Waals surface area (Å²) >= 11 is 4.19. The third-order valence-electron chi connectivity index (χ3n) is 2.32. The Balaban J connectivity index is 2.84. The van der Waals surface area contributed by atoms with Gasteiger partial charge in [-0.25, -0.2) is 0 Å². The highest BCUT2D eigenvalue weighted by molar-refractivity contribution is 7.80. The fourth-order valence-electron chi connectivity index (χ4n) is 1.46. The number of unbranched alkanes of at least 4 members (excludes halogenated alkanes) is 6. The van der Waals surface area contributed by atoms with Crippen molar-refractivity contribution in [2.45, 2.75) is 64.3 Å². The first-order valence-corrected chi connectivity index (χ1v) is 6.27. The largest absolute Gasteiger partial charge is 0.328 e. The molecule has 0 saturated heterocycles. The van der Waals surface area contributed by atoms with E-state index >= 15 is 0 Å². The summed E-state index contributed by atoms with van der Waals surface area (Å²) in [5.41, 5.74) is 5.66. The van der Waals surface area contributed by atoms with Crippen molar-refractivity contribution in [2.75, 3.05) is 5.75 Å². The van der Waals surface area contributed by atoms with Crippen LogP contribution in [-0.2, 0) is 0 Å². The minimum Gasteiger partial charge on any atom is -0.328 e. The van der Waals surface area contributed by atoms with Gasteiger partial charge in [0, 0.05) is 6.04 Å². The molecule has 0 aliphatic rings. The molecule has 0 radical (unpaired) electrons. The number of rotatable bonds is 9. The average Bonchev–Trinajstić information content (AvgIpc) is 2.09. The summed E-state index contributed by atoms with van der Waals surface area (Å²) < 4.78 is 0. The highest BCUT2D eigenvalue weighted by Gasteiger charge is 1.94. The number of thiol groups is 1. The molecule has 0 amide bonds. The molecular weight excluding hydrogens is 178 g/mol. The predicted octanol–water partition coefficient (Wildman–Crippen LogP) is 3.38. The molecule has 0 aliphatic heterocycles. The molecule has 0 heterocycles. The zero-order valence-corrected chi connectivity index (χ0v) is 9.86. The topological polar surface area (TPSA) is 26.0 Å². The molecule has 13 heavy (non-hydrogen) atoms. The molecule has 0 fully saturated rings. The molecule has 0 saturated carbocycles. The molecule has 80 valence electrons. The van der Waals surface area contributed by atoms with Crippen LogP contribution in [0.5, 0.6) is 0 Å². The molecule has 1 atom stereocenters. The Kier molecular flexibility index (Phi) is 10.6. The molecule has 2 N–H and O–H groups in total. The van der Waals surface area contributed by atoms with Crippen LogP contribution in [0.15, 0.2) is 0 Å². The maximum atomic E-state index is 5.66. The highest BCUT2D eigenvalue weighted by atomic mass is 32.1. The molecule has 2 heteroatoms. The molecule has 0 aromatic carbocycles. The van der Waals surface area contributed by atoms with Crippen molar-refractivity contribution in [3.63, 3.8) is 0 Å². The van der Waals surface area contributed by atoms with Gasteiger partial charge in [-0.05, 0) is 25.5 Å². The quantitative estimate of drug-likeness (QED) is 0.436. The third-order valence-corrected chi connectivity index (χ3v) is 2.63. The lowest BCUT2D eigenvalue weighted by molar-refractivity contribution is 0.547. The van der Waals surface area contributed by atoms with Crippen LogP contribution in [0.25, 0.3) is 0 Å². The Morgan fingerprint density at radius 2 is 1.38 bits per heavy atom. The van der Waals surface area contributed by atoms with Crippen molar-refractivity contribution >= 4 is 12.6 Å². The summed E-state index contributed by atoms with van der Waals surface area (Å²) in [5, 5.41) is 0. The summed E-state index contributed by atoms with van der Waals surface area (Å²) in [6, 6.07) is 0.393. The van der Waals surface area contributed by atoms with Gasteiger partial charge in [-0.1, -0.05) is 38.5 Å². The summed E-state index contributed by atoms with van der Waals surface area (Å²) in [4.78, 5) is 0. The molecule has 0 bridgehead atoms. The first-order chi connectivity index (χ1) is 6.27. The van der Waals surface area contributed by atoms with Gasteiger partial charge in [-0.15, -0.1) is 0 Å². The first-order valence-electron chi connectivity index (χ1n) is 5.64. The zero-order valence-electron chi connectivity index (χ0n) is 8.97. The predicted molar refractivity (Wildman–Crippen MR) is 64.4 cm³/mol. The summed E-state index contributed by atoms with van der Waals surface area (Å²) in [7, 11) is 0. The van der Waals surface area contributed by atoms with E-state index in [-0.39, 0.29) is 0 Å². The van der Waals surface area contributed by atoms with Crippen LogP contribution >= 0.6 is 12.6 Å². The molecule has 0 aromatic heterocycles. The van der Waals surface area contributed by atoms with Crippen LogP contribution in [0, 0.1) is 0 Å². The molecule has 0 spiro atoms. The lowest BCUT2D eigenvalue weighted by atomic mass is 10.1. The van der Waals surface area contributed by atoms with Crippen molar-refractivity contribution < 1.29 is 0 Å². The van der Waals surface area contributed by atoms with Crippen LogP contribution in [0.1, 0.15) is 58.3 Å². The second-order valence-corrected chi connectivity index (χ2v) is 4.41. The van der Waals surface area contributed by atoms with Crippen LogP contribution in [0.3, 0.4) is 0 Å². The molecular formula is C11H25NS. The standard InChI is InChI=1S/C11H25NS/c1-11(12)9-7-5-3-2-4-6-8-10-13/h11,13H,2-10,12H2,1H3. The summed E-state index contributed by atoms with van der Waals surface area (Å²) in [6.45, 7) is 2.09. The Hall–Kier alpha value is 0.310. The smallest absolute Gasteiger partial charge is 0.00104 e. The molecule has 0 aliphatic carbocycles. The van der Waals surface area contributed by atoms with Gasteiger partial charge in [0.2, 0.25) is 0 Å².